The monoisotopic (exact) mass is 612 g/mol. The minimum Gasteiger partial charge on any atom is -0.490 e. The minimum absolute atomic E-state index is 0.133. The maximum absolute atomic E-state index is 13.2. The van der Waals surface area contributed by atoms with Gasteiger partial charge >= 0.3 is 5.97 Å². The first kappa shape index (κ1) is 25.7. The smallest absolute Gasteiger partial charge is 0.335 e. The van der Waals surface area contributed by atoms with Crippen molar-refractivity contribution in [1.82, 2.24) is 0 Å². The van der Waals surface area contributed by atoms with E-state index in [1.54, 1.807) is 25.1 Å². The standard InChI is InChI=1S/C27H22Br2N2O5/c1-3-35-22-14-19(23(28)24(29)25(22)36-15-17-7-5-4-6-8-17)13-21-16(2)30-31(26(21)32)20-11-9-18(10-12-20)27(33)34/h4-14H,3,15H2,1-2H3,(H,33,34)/b21-13+. The van der Waals surface area contributed by atoms with Crippen molar-refractivity contribution >= 4 is 61.2 Å². The molecule has 0 aromatic heterocycles. The third-order valence-electron chi connectivity index (χ3n) is 5.40. The highest BCUT2D eigenvalue weighted by Crippen LogP contribution is 2.44. The van der Waals surface area contributed by atoms with E-state index >= 15 is 0 Å². The summed E-state index contributed by atoms with van der Waals surface area (Å²) < 4.78 is 13.3. The van der Waals surface area contributed by atoms with Crippen LogP contribution < -0.4 is 14.5 Å². The molecule has 1 heterocycles. The number of hydrazone groups is 1. The van der Waals surface area contributed by atoms with Gasteiger partial charge in [-0.05, 0) is 93.2 Å². The van der Waals surface area contributed by atoms with Crippen molar-refractivity contribution < 1.29 is 24.2 Å². The van der Waals surface area contributed by atoms with Crippen LogP contribution in [-0.4, -0.2) is 29.3 Å². The van der Waals surface area contributed by atoms with Crippen LogP contribution in [-0.2, 0) is 11.4 Å². The van der Waals surface area contributed by atoms with Gasteiger partial charge in [0.2, 0.25) is 0 Å². The zero-order chi connectivity index (χ0) is 25.8. The number of rotatable bonds is 8. The number of hydrogen-bond donors (Lipinski definition) is 1. The molecule has 4 rings (SSSR count). The van der Waals surface area contributed by atoms with Crippen molar-refractivity contribution in [2.75, 3.05) is 11.6 Å². The number of carbonyl (C=O) groups is 2. The van der Waals surface area contributed by atoms with Gasteiger partial charge in [0, 0.05) is 4.47 Å². The van der Waals surface area contributed by atoms with Crippen molar-refractivity contribution in [1.29, 1.82) is 0 Å². The second-order valence-corrected chi connectivity index (χ2v) is 9.43. The third-order valence-corrected chi connectivity index (χ3v) is 7.55. The Bertz CT molecular complexity index is 1370. The van der Waals surface area contributed by atoms with Gasteiger partial charge in [-0.2, -0.15) is 10.1 Å². The lowest BCUT2D eigenvalue weighted by Gasteiger charge is -2.17. The summed E-state index contributed by atoms with van der Waals surface area (Å²) in [4.78, 5) is 24.3. The molecule has 0 unspecified atom stereocenters. The summed E-state index contributed by atoms with van der Waals surface area (Å²) >= 11 is 7.24. The number of carboxylic acids is 1. The lowest BCUT2D eigenvalue weighted by molar-refractivity contribution is -0.114. The molecule has 0 spiro atoms. The van der Waals surface area contributed by atoms with Crippen LogP contribution in [0, 0.1) is 0 Å². The van der Waals surface area contributed by atoms with Crippen LogP contribution in [0.5, 0.6) is 11.5 Å². The fourth-order valence-corrected chi connectivity index (χ4v) is 4.54. The van der Waals surface area contributed by atoms with Crippen LogP contribution in [0.15, 0.2) is 80.3 Å². The topological polar surface area (TPSA) is 88.4 Å². The number of carbonyl (C=O) groups excluding carboxylic acids is 1. The summed E-state index contributed by atoms with van der Waals surface area (Å²) in [7, 11) is 0. The average Bonchev–Trinajstić information content (AvgIpc) is 3.16. The minimum atomic E-state index is -1.04. The van der Waals surface area contributed by atoms with Gasteiger partial charge in [-0.25, -0.2) is 4.79 Å². The molecule has 36 heavy (non-hydrogen) atoms. The molecule has 3 aromatic carbocycles. The summed E-state index contributed by atoms with van der Waals surface area (Å²) in [5.41, 5.74) is 3.28. The predicted molar refractivity (Wildman–Crippen MR) is 146 cm³/mol. The number of aromatic carboxylic acids is 1. The van der Waals surface area contributed by atoms with E-state index in [2.05, 4.69) is 37.0 Å². The van der Waals surface area contributed by atoms with Gasteiger partial charge in [-0.3, -0.25) is 4.79 Å². The van der Waals surface area contributed by atoms with Gasteiger partial charge in [0.1, 0.15) is 6.61 Å². The molecule has 0 fully saturated rings. The molecule has 3 aromatic rings. The van der Waals surface area contributed by atoms with Crippen molar-refractivity contribution in [3.8, 4) is 11.5 Å². The summed E-state index contributed by atoms with van der Waals surface area (Å²) in [5, 5.41) is 14.8. The first-order valence-corrected chi connectivity index (χ1v) is 12.6. The Labute approximate surface area is 225 Å². The molecule has 0 aliphatic carbocycles. The summed E-state index contributed by atoms with van der Waals surface area (Å²) in [6.45, 7) is 4.44. The molecule has 1 N–H and O–H groups in total. The number of halogens is 2. The van der Waals surface area contributed by atoms with Crippen molar-refractivity contribution in [2.45, 2.75) is 20.5 Å². The third kappa shape index (κ3) is 5.37. The zero-order valence-corrected chi connectivity index (χ0v) is 22.7. The SMILES string of the molecule is CCOc1cc(/C=C2/C(=O)N(c3ccc(C(=O)O)cc3)N=C2C)c(Br)c(Br)c1OCc1ccccc1. The first-order chi connectivity index (χ1) is 17.3. The quantitative estimate of drug-likeness (QED) is 0.286. The molecule has 0 bridgehead atoms. The van der Waals surface area contributed by atoms with Crippen LogP contribution in [0.2, 0.25) is 0 Å². The molecular formula is C27H22Br2N2O5. The molecule has 1 aliphatic rings. The van der Waals surface area contributed by atoms with Crippen LogP contribution in [0.1, 0.15) is 35.3 Å². The van der Waals surface area contributed by atoms with Gasteiger partial charge in [0.15, 0.2) is 11.5 Å². The molecule has 184 valence electrons. The number of carboxylic acid groups (broad SMARTS) is 1. The van der Waals surface area contributed by atoms with Crippen LogP contribution in [0.3, 0.4) is 0 Å². The van der Waals surface area contributed by atoms with E-state index in [-0.39, 0.29) is 11.5 Å². The Hall–Kier alpha value is -3.43. The number of amides is 1. The molecular weight excluding hydrogens is 592 g/mol. The molecule has 1 amide bonds. The van der Waals surface area contributed by atoms with Crippen LogP contribution >= 0.6 is 31.9 Å². The number of anilines is 1. The largest absolute Gasteiger partial charge is 0.490 e. The number of hydrogen-bond acceptors (Lipinski definition) is 5. The summed E-state index contributed by atoms with van der Waals surface area (Å²) in [5.74, 6) is -0.262. The Kier molecular flexibility index (Phi) is 7.91. The van der Waals surface area contributed by atoms with Gasteiger partial charge in [-0.1, -0.05) is 30.3 Å². The van der Waals surface area contributed by atoms with Gasteiger partial charge < -0.3 is 14.6 Å². The average molecular weight is 614 g/mol. The highest BCUT2D eigenvalue weighted by molar-refractivity contribution is 9.13. The molecule has 0 atom stereocenters. The molecule has 0 saturated carbocycles. The van der Waals surface area contributed by atoms with E-state index in [4.69, 9.17) is 14.6 Å². The molecule has 7 nitrogen and oxygen atoms in total. The van der Waals surface area contributed by atoms with E-state index in [0.29, 0.717) is 56.2 Å². The second kappa shape index (κ2) is 11.1. The summed E-state index contributed by atoms with van der Waals surface area (Å²) in [6.07, 6.45) is 1.74. The van der Waals surface area contributed by atoms with Crippen molar-refractivity contribution in [2.24, 2.45) is 5.10 Å². The first-order valence-electron chi connectivity index (χ1n) is 11.1. The normalized spacial score (nSPS) is 14.2. The van der Waals surface area contributed by atoms with Crippen molar-refractivity contribution in [3.05, 3.63) is 91.9 Å². The Morgan fingerprint density at radius 2 is 1.75 bits per heavy atom. The van der Waals surface area contributed by atoms with E-state index in [9.17, 15) is 9.59 Å². The fraction of sp³-hybridized carbons (Fsp3) is 0.148. The van der Waals surface area contributed by atoms with Crippen LogP contribution in [0.25, 0.3) is 6.08 Å². The van der Waals surface area contributed by atoms with E-state index < -0.39 is 5.97 Å². The number of nitrogens with zero attached hydrogens (tertiary/aromatic N) is 2. The molecule has 0 saturated heterocycles. The Morgan fingerprint density at radius 1 is 1.06 bits per heavy atom. The predicted octanol–water partition coefficient (Wildman–Crippen LogP) is 6.69. The second-order valence-electron chi connectivity index (χ2n) is 7.84. The lowest BCUT2D eigenvalue weighted by atomic mass is 10.1. The summed E-state index contributed by atoms with van der Waals surface area (Å²) in [6, 6.07) is 17.6. The maximum Gasteiger partial charge on any atom is 0.335 e. The Balaban J connectivity index is 1.65. The van der Waals surface area contributed by atoms with Crippen molar-refractivity contribution in [3.63, 3.8) is 0 Å². The zero-order valence-electron chi connectivity index (χ0n) is 19.5. The fourth-order valence-electron chi connectivity index (χ4n) is 3.60. The molecule has 1 aliphatic heterocycles. The number of ether oxygens (including phenoxy) is 2. The highest BCUT2D eigenvalue weighted by atomic mass is 79.9. The van der Waals surface area contributed by atoms with Gasteiger partial charge in [-0.15, -0.1) is 0 Å². The molecule has 0 radical (unpaired) electrons. The van der Waals surface area contributed by atoms with E-state index in [1.807, 2.05) is 43.3 Å². The molecule has 9 heteroatoms. The highest BCUT2D eigenvalue weighted by Gasteiger charge is 2.29. The van der Waals surface area contributed by atoms with Gasteiger partial charge in [0.05, 0.1) is 33.6 Å². The van der Waals surface area contributed by atoms with Crippen LogP contribution in [0.4, 0.5) is 5.69 Å². The number of benzene rings is 3. The lowest BCUT2D eigenvalue weighted by Crippen LogP contribution is -2.21. The van der Waals surface area contributed by atoms with Gasteiger partial charge in [0.25, 0.3) is 5.91 Å². The van der Waals surface area contributed by atoms with E-state index in [1.165, 1.54) is 17.1 Å². The van der Waals surface area contributed by atoms with E-state index in [0.717, 1.165) is 5.56 Å². The Morgan fingerprint density at radius 3 is 2.39 bits per heavy atom. The maximum atomic E-state index is 13.2.